The summed E-state index contributed by atoms with van der Waals surface area (Å²) in [5.41, 5.74) is 0. The maximum absolute atomic E-state index is 9.82. The van der Waals surface area contributed by atoms with E-state index in [1.165, 1.54) is 4.90 Å². The summed E-state index contributed by atoms with van der Waals surface area (Å²) in [5.74, 6) is -1.25. The van der Waals surface area contributed by atoms with Crippen LogP contribution in [0.25, 0.3) is 0 Å². The first-order valence-electron chi connectivity index (χ1n) is 4.56. The molecule has 0 spiro atoms. The van der Waals surface area contributed by atoms with Gasteiger partial charge in [-0.1, -0.05) is 13.8 Å². The van der Waals surface area contributed by atoms with E-state index in [4.69, 9.17) is 5.11 Å². The number of rotatable bonds is 4. The summed E-state index contributed by atoms with van der Waals surface area (Å²) in [6, 6.07) is 0. The predicted octanol–water partition coefficient (Wildman–Crippen LogP) is -2.09. The van der Waals surface area contributed by atoms with Crippen LogP contribution in [0, 0.1) is 5.92 Å². The average Bonchev–Trinajstić information content (AvgIpc) is 2.03. The van der Waals surface area contributed by atoms with Gasteiger partial charge in [0.2, 0.25) is 0 Å². The second-order valence-corrected chi connectivity index (χ2v) is 3.31. The Bertz CT molecular complexity index is 126. The molecule has 0 amide bonds. The lowest BCUT2D eigenvalue weighted by atomic mass is 10.1. The van der Waals surface area contributed by atoms with Gasteiger partial charge < -0.3 is 19.9 Å². The van der Waals surface area contributed by atoms with Crippen molar-refractivity contribution in [2.75, 3.05) is 27.2 Å². The molecular formula is C9H21NO3. The Morgan fingerprint density at radius 3 is 2.00 bits per heavy atom. The van der Waals surface area contributed by atoms with Crippen LogP contribution in [0.4, 0.5) is 0 Å². The van der Waals surface area contributed by atoms with E-state index in [0.717, 1.165) is 6.54 Å². The highest BCUT2D eigenvalue weighted by molar-refractivity contribution is 5.66. The normalized spacial score (nSPS) is 11.8. The minimum atomic E-state index is -0.956. The predicted molar refractivity (Wildman–Crippen MR) is 49.2 cm³/mol. The van der Waals surface area contributed by atoms with Crippen molar-refractivity contribution in [3.05, 3.63) is 0 Å². The molecule has 0 aromatic heterocycles. The number of quaternary nitrogens is 1. The van der Waals surface area contributed by atoms with Crippen molar-refractivity contribution in [1.82, 2.24) is 0 Å². The van der Waals surface area contributed by atoms with Crippen LogP contribution in [0.2, 0.25) is 0 Å². The Balaban J connectivity index is 0. The molecule has 0 saturated heterocycles. The molecule has 0 radical (unpaired) electrons. The van der Waals surface area contributed by atoms with Crippen LogP contribution in [-0.2, 0) is 4.79 Å². The number of aliphatic hydroxyl groups is 1. The molecule has 0 bridgehead atoms. The van der Waals surface area contributed by atoms with Crippen LogP contribution in [0.15, 0.2) is 0 Å². The number of aliphatic hydroxyl groups excluding tert-OH is 1. The fourth-order valence-corrected chi connectivity index (χ4v) is 0.390. The first-order valence-corrected chi connectivity index (χ1v) is 4.56. The smallest absolute Gasteiger partial charge is 0.100 e. The van der Waals surface area contributed by atoms with Crippen molar-refractivity contribution in [2.45, 2.75) is 20.3 Å². The quantitative estimate of drug-likeness (QED) is 0.535. The summed E-state index contributed by atoms with van der Waals surface area (Å²) < 4.78 is 0. The molecule has 13 heavy (non-hydrogen) atoms. The molecule has 80 valence electrons. The van der Waals surface area contributed by atoms with Crippen molar-refractivity contribution in [2.24, 2.45) is 5.92 Å². The third kappa shape index (κ3) is 14.3. The molecule has 0 aliphatic rings. The highest BCUT2D eigenvalue weighted by Gasteiger charge is 1.94. The molecule has 0 aliphatic carbocycles. The van der Waals surface area contributed by atoms with E-state index in [0.29, 0.717) is 13.0 Å². The molecule has 1 atom stereocenters. The topological polar surface area (TPSA) is 64.8 Å². The molecule has 0 fully saturated rings. The van der Waals surface area contributed by atoms with Gasteiger partial charge in [0, 0.05) is 5.97 Å². The molecule has 2 N–H and O–H groups in total. The lowest BCUT2D eigenvalue weighted by molar-refractivity contribution is -0.858. The minimum absolute atomic E-state index is 0.292. The molecule has 0 aromatic carbocycles. The van der Waals surface area contributed by atoms with Gasteiger partial charge in [-0.15, -0.1) is 0 Å². The van der Waals surface area contributed by atoms with Crippen molar-refractivity contribution in [3.63, 3.8) is 0 Å². The highest BCUT2D eigenvalue weighted by atomic mass is 16.4. The Morgan fingerprint density at radius 1 is 1.54 bits per heavy atom. The van der Waals surface area contributed by atoms with Gasteiger partial charge in [-0.2, -0.15) is 0 Å². The second-order valence-electron chi connectivity index (χ2n) is 3.31. The second kappa shape index (κ2) is 9.48. The van der Waals surface area contributed by atoms with E-state index in [2.05, 4.69) is 0 Å². The largest absolute Gasteiger partial charge is 0.550 e. The zero-order valence-corrected chi connectivity index (χ0v) is 8.96. The van der Waals surface area contributed by atoms with E-state index in [-0.39, 0.29) is 5.92 Å². The average molecular weight is 191 g/mol. The summed E-state index contributed by atoms with van der Waals surface area (Å²) in [5, 5.41) is 18.0. The summed E-state index contributed by atoms with van der Waals surface area (Å²) in [6.07, 6.45) is 0.655. The van der Waals surface area contributed by atoms with E-state index >= 15 is 0 Å². The Kier molecular flexibility index (Phi) is 10.9. The lowest BCUT2D eigenvalue weighted by Gasteiger charge is -2.06. The molecule has 0 saturated carbocycles. The van der Waals surface area contributed by atoms with Crippen LogP contribution in [0.5, 0.6) is 0 Å². The van der Waals surface area contributed by atoms with E-state index in [9.17, 15) is 9.90 Å². The number of carboxylic acid groups (broad SMARTS) is 1. The van der Waals surface area contributed by atoms with Gasteiger partial charge in [-0.3, -0.25) is 0 Å². The Labute approximate surface area is 80.2 Å². The van der Waals surface area contributed by atoms with Crippen LogP contribution < -0.4 is 10.0 Å². The molecule has 4 heteroatoms. The van der Waals surface area contributed by atoms with Crippen molar-refractivity contribution in [3.8, 4) is 0 Å². The zero-order valence-electron chi connectivity index (χ0n) is 8.96. The van der Waals surface area contributed by atoms with E-state index in [1.807, 2.05) is 21.0 Å². The third-order valence-corrected chi connectivity index (χ3v) is 1.63. The van der Waals surface area contributed by atoms with Gasteiger partial charge in [0.05, 0.1) is 20.7 Å². The minimum Gasteiger partial charge on any atom is -0.550 e. The van der Waals surface area contributed by atoms with Crippen LogP contribution in [0.1, 0.15) is 20.3 Å². The first kappa shape index (κ1) is 14.9. The standard InChI is InChI=1S/C5H10O2.C4H11NO/c1-3-4(2)5(6)7;1-5(2)3-4-6/h4H,3H2,1-2H3,(H,6,7);6H,3-4H2,1-2H3. The molecular weight excluding hydrogens is 170 g/mol. The number of carbonyl (C=O) groups excluding carboxylic acids is 1. The zero-order chi connectivity index (χ0) is 10.9. The van der Waals surface area contributed by atoms with Crippen LogP contribution >= 0.6 is 0 Å². The molecule has 1 unspecified atom stereocenters. The van der Waals surface area contributed by atoms with E-state index in [1.54, 1.807) is 6.92 Å². The number of nitrogens with one attached hydrogen (secondary N) is 1. The summed E-state index contributed by atoms with van der Waals surface area (Å²) in [4.78, 5) is 11.1. The van der Waals surface area contributed by atoms with Crippen LogP contribution in [0.3, 0.4) is 0 Å². The third-order valence-electron chi connectivity index (χ3n) is 1.63. The fourth-order valence-electron chi connectivity index (χ4n) is 0.390. The fraction of sp³-hybridized carbons (Fsp3) is 0.889. The summed E-state index contributed by atoms with van der Waals surface area (Å²) >= 11 is 0. The molecule has 0 aromatic rings. The molecule has 0 heterocycles. The number of carbonyl (C=O) groups is 1. The number of carboxylic acids is 1. The number of hydrogen-bond acceptors (Lipinski definition) is 3. The van der Waals surface area contributed by atoms with Crippen molar-refractivity contribution in [1.29, 1.82) is 0 Å². The van der Waals surface area contributed by atoms with Crippen molar-refractivity contribution >= 4 is 5.97 Å². The van der Waals surface area contributed by atoms with Crippen molar-refractivity contribution < 1.29 is 19.9 Å². The number of likely N-dealkylation sites (N-methyl/N-ethyl adjacent to an activating group) is 1. The number of hydrogen-bond donors (Lipinski definition) is 2. The SMILES string of the molecule is CCC(C)C(=O)[O-].C[NH+](C)CCO. The Morgan fingerprint density at radius 2 is 2.00 bits per heavy atom. The lowest BCUT2D eigenvalue weighted by Crippen LogP contribution is -3.06. The van der Waals surface area contributed by atoms with Gasteiger partial charge in [0.15, 0.2) is 0 Å². The number of aliphatic carboxylic acids is 1. The first-order chi connectivity index (χ1) is 5.95. The molecule has 0 rings (SSSR count). The monoisotopic (exact) mass is 191 g/mol. The summed E-state index contributed by atoms with van der Waals surface area (Å²) in [6.45, 7) is 4.60. The van der Waals surface area contributed by atoms with Crippen LogP contribution in [-0.4, -0.2) is 38.3 Å². The van der Waals surface area contributed by atoms with Gasteiger partial charge >= 0.3 is 0 Å². The molecule has 0 aliphatic heterocycles. The van der Waals surface area contributed by atoms with Gasteiger partial charge in [0.1, 0.15) is 6.54 Å². The Hall–Kier alpha value is -0.610. The van der Waals surface area contributed by atoms with Gasteiger partial charge in [0.25, 0.3) is 0 Å². The molecule has 4 nitrogen and oxygen atoms in total. The maximum atomic E-state index is 9.82. The van der Waals surface area contributed by atoms with Gasteiger partial charge in [-0.05, 0) is 12.3 Å². The highest BCUT2D eigenvalue weighted by Crippen LogP contribution is 1.95. The van der Waals surface area contributed by atoms with Gasteiger partial charge in [-0.25, -0.2) is 0 Å². The summed E-state index contributed by atoms with van der Waals surface area (Å²) in [7, 11) is 4.02. The maximum Gasteiger partial charge on any atom is 0.100 e. The van der Waals surface area contributed by atoms with E-state index < -0.39 is 5.97 Å².